The van der Waals surface area contributed by atoms with Gasteiger partial charge in [0.1, 0.15) is 6.04 Å². The minimum absolute atomic E-state index is 0.108. The molecular formula is C21H24N6O4. The summed E-state index contributed by atoms with van der Waals surface area (Å²) < 4.78 is 18.6. The Morgan fingerprint density at radius 2 is 1.97 bits per heavy atom. The molecule has 10 heteroatoms. The van der Waals surface area contributed by atoms with Gasteiger partial charge < -0.3 is 19.2 Å². The standard InChI is InChI=1S/C21H24N6O4/c28-21-15(8-13-9-17-18(31-12-30-17)10-16(13)22-21)19(26-5-1-2-6-26)20-23-24-25-27(20)11-14-4-3-7-29-14/h8-10,14,19H,1-7,11-12H2,(H,22,28)/t14-,19+/m0/s1. The lowest BCUT2D eigenvalue weighted by Gasteiger charge is -2.27. The fourth-order valence-corrected chi connectivity index (χ4v) is 4.83. The van der Waals surface area contributed by atoms with Crippen LogP contribution in [0.25, 0.3) is 10.9 Å². The Morgan fingerprint density at radius 3 is 2.77 bits per heavy atom. The molecule has 0 aliphatic carbocycles. The van der Waals surface area contributed by atoms with Gasteiger partial charge in [-0.25, -0.2) is 4.68 Å². The van der Waals surface area contributed by atoms with Crippen molar-refractivity contribution in [2.45, 2.75) is 44.4 Å². The van der Waals surface area contributed by atoms with E-state index in [1.165, 1.54) is 0 Å². The van der Waals surface area contributed by atoms with Crippen molar-refractivity contribution < 1.29 is 14.2 Å². The smallest absolute Gasteiger partial charge is 0.253 e. The molecule has 1 aromatic carbocycles. The molecule has 31 heavy (non-hydrogen) atoms. The minimum Gasteiger partial charge on any atom is -0.454 e. The van der Waals surface area contributed by atoms with Crippen molar-refractivity contribution in [3.63, 3.8) is 0 Å². The van der Waals surface area contributed by atoms with Crippen molar-refractivity contribution in [2.24, 2.45) is 0 Å². The normalized spacial score (nSPS) is 21.9. The van der Waals surface area contributed by atoms with E-state index < -0.39 is 0 Å². The summed E-state index contributed by atoms with van der Waals surface area (Å²) in [5, 5.41) is 13.4. The molecule has 162 valence electrons. The monoisotopic (exact) mass is 424 g/mol. The van der Waals surface area contributed by atoms with Crippen molar-refractivity contribution in [3.8, 4) is 11.5 Å². The number of pyridine rings is 1. The fraction of sp³-hybridized carbons (Fsp3) is 0.524. The first-order chi connectivity index (χ1) is 15.3. The minimum atomic E-state index is -0.322. The topological polar surface area (TPSA) is 107 Å². The lowest BCUT2D eigenvalue weighted by atomic mass is 10.0. The number of fused-ring (bicyclic) bond motifs is 2. The molecule has 3 aliphatic heterocycles. The van der Waals surface area contributed by atoms with Gasteiger partial charge in [0.2, 0.25) is 6.79 Å². The lowest BCUT2D eigenvalue weighted by molar-refractivity contribution is 0.0912. The van der Waals surface area contributed by atoms with Crippen LogP contribution in [0.3, 0.4) is 0 Å². The van der Waals surface area contributed by atoms with E-state index in [1.54, 1.807) is 0 Å². The average molecular weight is 424 g/mol. The van der Waals surface area contributed by atoms with Gasteiger partial charge in [-0.05, 0) is 61.3 Å². The van der Waals surface area contributed by atoms with Crippen molar-refractivity contribution >= 4 is 10.9 Å². The van der Waals surface area contributed by atoms with E-state index >= 15 is 0 Å². The molecule has 2 saturated heterocycles. The third-order valence-electron chi connectivity index (χ3n) is 6.37. The van der Waals surface area contributed by atoms with E-state index in [2.05, 4.69) is 25.4 Å². The van der Waals surface area contributed by atoms with Gasteiger partial charge in [-0.1, -0.05) is 0 Å². The third-order valence-corrected chi connectivity index (χ3v) is 6.37. The number of H-pyrrole nitrogens is 1. The van der Waals surface area contributed by atoms with Gasteiger partial charge in [0, 0.05) is 23.6 Å². The predicted molar refractivity (Wildman–Crippen MR) is 110 cm³/mol. The molecule has 0 spiro atoms. The molecular weight excluding hydrogens is 400 g/mol. The van der Waals surface area contributed by atoms with Crippen LogP contribution in [0.2, 0.25) is 0 Å². The Labute approximate surface area is 178 Å². The Kier molecular flexibility index (Phi) is 4.61. The number of aromatic amines is 1. The molecule has 0 radical (unpaired) electrons. The SMILES string of the molecule is O=c1[nH]c2cc3c(cc2cc1[C@H](c1nnnn1C[C@@H]1CCCO1)N1CCCC1)OCO3. The van der Waals surface area contributed by atoms with Crippen LogP contribution in [-0.4, -0.2) is 62.7 Å². The highest BCUT2D eigenvalue weighted by molar-refractivity contribution is 5.83. The molecule has 1 N–H and O–H groups in total. The summed E-state index contributed by atoms with van der Waals surface area (Å²) in [5.41, 5.74) is 1.21. The van der Waals surface area contributed by atoms with Crippen LogP contribution < -0.4 is 15.0 Å². The number of ether oxygens (including phenoxy) is 3. The number of nitrogens with one attached hydrogen (secondary N) is 1. The molecule has 3 aromatic rings. The fourth-order valence-electron chi connectivity index (χ4n) is 4.83. The lowest BCUT2D eigenvalue weighted by Crippen LogP contribution is -2.34. The van der Waals surface area contributed by atoms with Crippen molar-refractivity contribution in [1.82, 2.24) is 30.1 Å². The molecule has 2 aromatic heterocycles. The van der Waals surface area contributed by atoms with Crippen molar-refractivity contribution in [2.75, 3.05) is 26.5 Å². The van der Waals surface area contributed by atoms with Gasteiger partial charge in [-0.3, -0.25) is 9.69 Å². The molecule has 0 amide bonds. The van der Waals surface area contributed by atoms with Crippen LogP contribution in [0.15, 0.2) is 23.0 Å². The van der Waals surface area contributed by atoms with Crippen LogP contribution >= 0.6 is 0 Å². The zero-order valence-corrected chi connectivity index (χ0v) is 17.1. The summed E-state index contributed by atoms with van der Waals surface area (Å²) in [4.78, 5) is 18.5. The second kappa shape index (κ2) is 7.61. The Hall–Kier alpha value is -2.98. The summed E-state index contributed by atoms with van der Waals surface area (Å²) in [6, 6.07) is 5.34. The highest BCUT2D eigenvalue weighted by Gasteiger charge is 2.33. The molecule has 5 heterocycles. The summed E-state index contributed by atoms with van der Waals surface area (Å²) in [6.45, 7) is 3.36. The van der Waals surface area contributed by atoms with Crippen LogP contribution in [0, 0.1) is 0 Å². The van der Waals surface area contributed by atoms with Gasteiger partial charge >= 0.3 is 0 Å². The van der Waals surface area contributed by atoms with Crippen molar-refractivity contribution in [1.29, 1.82) is 0 Å². The highest BCUT2D eigenvalue weighted by atomic mass is 16.7. The zero-order valence-electron chi connectivity index (χ0n) is 17.1. The predicted octanol–water partition coefficient (Wildman–Crippen LogP) is 1.61. The van der Waals surface area contributed by atoms with Gasteiger partial charge in [0.25, 0.3) is 5.56 Å². The number of hydrogen-bond donors (Lipinski definition) is 1. The Bertz CT molecular complexity index is 1160. The van der Waals surface area contributed by atoms with E-state index in [4.69, 9.17) is 14.2 Å². The summed E-state index contributed by atoms with van der Waals surface area (Å²) in [5.74, 6) is 2.02. The van der Waals surface area contributed by atoms with E-state index in [9.17, 15) is 4.79 Å². The molecule has 0 bridgehead atoms. The first kappa shape index (κ1) is 18.8. The second-order valence-corrected chi connectivity index (χ2v) is 8.35. The number of tetrazole rings is 1. The number of rotatable bonds is 5. The summed E-state index contributed by atoms with van der Waals surface area (Å²) in [6.07, 6.45) is 4.34. The van der Waals surface area contributed by atoms with Gasteiger partial charge in [0.15, 0.2) is 17.3 Å². The molecule has 0 unspecified atom stereocenters. The number of benzene rings is 1. The third kappa shape index (κ3) is 3.35. The average Bonchev–Trinajstić information content (AvgIpc) is 3.57. The molecule has 3 aliphatic rings. The number of hydrogen-bond acceptors (Lipinski definition) is 8. The molecule has 2 atom stereocenters. The van der Waals surface area contributed by atoms with Crippen LogP contribution in [-0.2, 0) is 11.3 Å². The maximum Gasteiger partial charge on any atom is 0.253 e. The maximum absolute atomic E-state index is 13.2. The maximum atomic E-state index is 13.2. The first-order valence-corrected chi connectivity index (χ1v) is 10.8. The van der Waals surface area contributed by atoms with Crippen molar-refractivity contribution in [3.05, 3.63) is 39.9 Å². The quantitative estimate of drug-likeness (QED) is 0.658. The number of nitrogens with zero attached hydrogens (tertiary/aromatic N) is 5. The number of aromatic nitrogens is 5. The Morgan fingerprint density at radius 1 is 1.13 bits per heavy atom. The summed E-state index contributed by atoms with van der Waals surface area (Å²) in [7, 11) is 0. The van der Waals surface area contributed by atoms with Crippen LogP contribution in [0.4, 0.5) is 0 Å². The molecule has 10 nitrogen and oxygen atoms in total. The van der Waals surface area contributed by atoms with Gasteiger partial charge in [0.05, 0.1) is 18.2 Å². The number of likely N-dealkylation sites (tertiary alicyclic amines) is 1. The van der Waals surface area contributed by atoms with Crippen LogP contribution in [0.5, 0.6) is 11.5 Å². The van der Waals surface area contributed by atoms with E-state index in [0.717, 1.165) is 56.3 Å². The highest BCUT2D eigenvalue weighted by Crippen LogP contribution is 2.36. The van der Waals surface area contributed by atoms with E-state index in [0.29, 0.717) is 29.4 Å². The molecule has 0 saturated carbocycles. The molecule has 2 fully saturated rings. The van der Waals surface area contributed by atoms with Gasteiger partial charge in [-0.15, -0.1) is 5.10 Å². The van der Waals surface area contributed by atoms with E-state index in [-0.39, 0.29) is 24.5 Å². The zero-order chi connectivity index (χ0) is 20.8. The Balaban J connectivity index is 1.45. The largest absolute Gasteiger partial charge is 0.454 e. The molecule has 6 rings (SSSR count). The van der Waals surface area contributed by atoms with Gasteiger partial charge in [-0.2, -0.15) is 0 Å². The van der Waals surface area contributed by atoms with E-state index in [1.807, 2.05) is 22.9 Å². The second-order valence-electron chi connectivity index (χ2n) is 8.35. The summed E-state index contributed by atoms with van der Waals surface area (Å²) >= 11 is 0. The van der Waals surface area contributed by atoms with Crippen LogP contribution in [0.1, 0.15) is 43.1 Å². The first-order valence-electron chi connectivity index (χ1n) is 10.8.